The van der Waals surface area contributed by atoms with Crippen LogP contribution in [0.2, 0.25) is 0 Å². The summed E-state index contributed by atoms with van der Waals surface area (Å²) >= 11 is 4.33. The van der Waals surface area contributed by atoms with Crippen molar-refractivity contribution in [3.63, 3.8) is 0 Å². The average molecular weight is 280 g/mol. The predicted molar refractivity (Wildman–Crippen MR) is 87.8 cm³/mol. The lowest BCUT2D eigenvalue weighted by Crippen LogP contribution is -2.14. The Hall–Kier alpha value is -0.630. The summed E-state index contributed by atoms with van der Waals surface area (Å²) in [6.45, 7) is 11.9. The molecule has 0 aliphatic heterocycles. The molecule has 1 aromatic carbocycles. The molecule has 1 nitrogen and oxygen atoms in total. The largest absolute Gasteiger partial charge is 0.493 e. The van der Waals surface area contributed by atoms with Gasteiger partial charge in [-0.1, -0.05) is 46.8 Å². The normalized spacial score (nSPS) is 13.4. The molecular formula is C17H28OS. The summed E-state index contributed by atoms with van der Waals surface area (Å²) in [6, 6.07) is 6.66. The molecule has 0 radical (unpaired) electrons. The molecular weight excluding hydrogens is 252 g/mol. The Labute approximate surface area is 124 Å². The number of thiol groups is 1. The van der Waals surface area contributed by atoms with Gasteiger partial charge in [0.1, 0.15) is 5.75 Å². The molecule has 0 N–H and O–H groups in total. The Balaban J connectivity index is 3.08. The molecule has 0 bridgehead atoms. The fourth-order valence-electron chi connectivity index (χ4n) is 2.14. The van der Waals surface area contributed by atoms with Crippen molar-refractivity contribution in [1.82, 2.24) is 0 Å². The van der Waals surface area contributed by atoms with E-state index in [4.69, 9.17) is 4.74 Å². The monoisotopic (exact) mass is 280 g/mol. The van der Waals surface area contributed by atoms with E-state index in [-0.39, 0.29) is 5.41 Å². The Bertz CT molecular complexity index is 393. The van der Waals surface area contributed by atoms with Crippen molar-refractivity contribution in [3.8, 4) is 5.75 Å². The van der Waals surface area contributed by atoms with Crippen molar-refractivity contribution in [3.05, 3.63) is 29.3 Å². The van der Waals surface area contributed by atoms with Gasteiger partial charge in [0, 0.05) is 0 Å². The van der Waals surface area contributed by atoms with Crippen molar-refractivity contribution in [2.45, 2.75) is 58.8 Å². The minimum atomic E-state index is 0.111. The van der Waals surface area contributed by atoms with Crippen molar-refractivity contribution < 1.29 is 4.74 Å². The van der Waals surface area contributed by atoms with E-state index in [2.05, 4.69) is 65.4 Å². The number of ether oxygens (including phenoxy) is 1. The Kier molecular flexibility index (Phi) is 6.25. The van der Waals surface area contributed by atoms with Crippen LogP contribution in [0.5, 0.6) is 5.75 Å². The highest BCUT2D eigenvalue weighted by atomic mass is 32.1. The summed E-state index contributed by atoms with van der Waals surface area (Å²) in [4.78, 5) is 0. The second-order valence-corrected chi connectivity index (χ2v) is 6.71. The van der Waals surface area contributed by atoms with Crippen LogP contribution in [0, 0.1) is 0 Å². The standard InChI is InChI=1S/C17H28OS/c1-6-10-18-16-8-7-14(13(2)9-11-19)12-15(16)17(3,4)5/h7-8,12-13,19H,6,9-11H2,1-5H3. The van der Waals surface area contributed by atoms with E-state index in [1.807, 2.05) is 0 Å². The Morgan fingerprint density at radius 3 is 2.47 bits per heavy atom. The summed E-state index contributed by atoms with van der Waals surface area (Å²) in [5, 5.41) is 0. The summed E-state index contributed by atoms with van der Waals surface area (Å²) in [7, 11) is 0. The van der Waals surface area contributed by atoms with Crippen LogP contribution in [0.4, 0.5) is 0 Å². The van der Waals surface area contributed by atoms with Gasteiger partial charge in [-0.05, 0) is 47.1 Å². The molecule has 0 fully saturated rings. The molecule has 19 heavy (non-hydrogen) atoms. The third-order valence-corrected chi connectivity index (χ3v) is 3.66. The molecule has 108 valence electrons. The highest BCUT2D eigenvalue weighted by molar-refractivity contribution is 7.80. The molecule has 0 aliphatic carbocycles. The fraction of sp³-hybridized carbons (Fsp3) is 0.647. The third-order valence-electron chi connectivity index (χ3n) is 3.40. The predicted octanol–water partition coefficient (Wildman–Crippen LogP) is 5.20. The number of hydrogen-bond acceptors (Lipinski definition) is 2. The first-order valence-electron chi connectivity index (χ1n) is 7.28. The molecule has 0 saturated heterocycles. The highest BCUT2D eigenvalue weighted by Gasteiger charge is 2.20. The van der Waals surface area contributed by atoms with E-state index in [1.165, 1.54) is 11.1 Å². The molecule has 0 aromatic heterocycles. The second kappa shape index (κ2) is 7.23. The number of rotatable bonds is 6. The van der Waals surface area contributed by atoms with Crippen LogP contribution in [0.15, 0.2) is 18.2 Å². The van der Waals surface area contributed by atoms with Crippen molar-refractivity contribution in [2.75, 3.05) is 12.4 Å². The van der Waals surface area contributed by atoms with Gasteiger partial charge in [0.15, 0.2) is 0 Å². The van der Waals surface area contributed by atoms with Crippen LogP contribution in [-0.4, -0.2) is 12.4 Å². The summed E-state index contributed by atoms with van der Waals surface area (Å²) in [6.07, 6.45) is 2.16. The molecule has 0 saturated carbocycles. The van der Waals surface area contributed by atoms with E-state index < -0.39 is 0 Å². The van der Waals surface area contributed by atoms with Crippen LogP contribution in [-0.2, 0) is 5.41 Å². The molecule has 1 unspecified atom stereocenters. The smallest absolute Gasteiger partial charge is 0.123 e. The van der Waals surface area contributed by atoms with E-state index in [0.717, 1.165) is 31.0 Å². The molecule has 0 aliphatic rings. The van der Waals surface area contributed by atoms with Gasteiger partial charge in [-0.2, -0.15) is 12.6 Å². The zero-order valence-corrected chi connectivity index (χ0v) is 13.9. The first kappa shape index (κ1) is 16.4. The van der Waals surface area contributed by atoms with Crippen LogP contribution in [0.25, 0.3) is 0 Å². The lowest BCUT2D eigenvalue weighted by Gasteiger charge is -2.25. The quantitative estimate of drug-likeness (QED) is 0.705. The average Bonchev–Trinajstić information content (AvgIpc) is 2.35. The first-order chi connectivity index (χ1) is 8.90. The van der Waals surface area contributed by atoms with Gasteiger partial charge < -0.3 is 4.74 Å². The van der Waals surface area contributed by atoms with Crippen LogP contribution < -0.4 is 4.74 Å². The molecule has 2 heteroatoms. The molecule has 0 amide bonds. The molecule has 0 spiro atoms. The summed E-state index contributed by atoms with van der Waals surface area (Å²) < 4.78 is 5.89. The summed E-state index contributed by atoms with van der Waals surface area (Å²) in [5.41, 5.74) is 2.81. The zero-order chi connectivity index (χ0) is 14.5. The maximum absolute atomic E-state index is 5.89. The maximum Gasteiger partial charge on any atom is 0.123 e. The van der Waals surface area contributed by atoms with Gasteiger partial charge in [-0.25, -0.2) is 0 Å². The van der Waals surface area contributed by atoms with Gasteiger partial charge in [-0.3, -0.25) is 0 Å². The molecule has 1 atom stereocenters. The minimum Gasteiger partial charge on any atom is -0.493 e. The van der Waals surface area contributed by atoms with Gasteiger partial charge in [-0.15, -0.1) is 0 Å². The molecule has 0 heterocycles. The van der Waals surface area contributed by atoms with Crippen molar-refractivity contribution >= 4 is 12.6 Å². The lowest BCUT2D eigenvalue weighted by molar-refractivity contribution is 0.308. The number of benzene rings is 1. The molecule has 1 rings (SSSR count). The van der Waals surface area contributed by atoms with E-state index in [0.29, 0.717) is 5.92 Å². The fourth-order valence-corrected chi connectivity index (χ4v) is 2.53. The van der Waals surface area contributed by atoms with Gasteiger partial charge in [0.25, 0.3) is 0 Å². The second-order valence-electron chi connectivity index (χ2n) is 6.27. The Morgan fingerprint density at radius 1 is 1.26 bits per heavy atom. The summed E-state index contributed by atoms with van der Waals surface area (Å²) in [5.74, 6) is 2.52. The van der Waals surface area contributed by atoms with E-state index in [9.17, 15) is 0 Å². The topological polar surface area (TPSA) is 9.23 Å². The SMILES string of the molecule is CCCOc1ccc(C(C)CCS)cc1C(C)(C)C. The molecule has 1 aromatic rings. The van der Waals surface area contributed by atoms with E-state index in [1.54, 1.807) is 0 Å². The minimum absolute atomic E-state index is 0.111. The van der Waals surface area contributed by atoms with Crippen molar-refractivity contribution in [2.24, 2.45) is 0 Å². The number of hydrogen-bond donors (Lipinski definition) is 1. The highest BCUT2D eigenvalue weighted by Crippen LogP contribution is 2.34. The van der Waals surface area contributed by atoms with Gasteiger partial charge in [0.2, 0.25) is 0 Å². The van der Waals surface area contributed by atoms with Crippen molar-refractivity contribution in [1.29, 1.82) is 0 Å². The van der Waals surface area contributed by atoms with Crippen LogP contribution in [0.1, 0.15) is 64.5 Å². The third kappa shape index (κ3) is 4.76. The zero-order valence-electron chi connectivity index (χ0n) is 13.0. The van der Waals surface area contributed by atoms with E-state index >= 15 is 0 Å². The van der Waals surface area contributed by atoms with Crippen LogP contribution >= 0.6 is 12.6 Å². The van der Waals surface area contributed by atoms with Gasteiger partial charge in [0.05, 0.1) is 6.61 Å². The Morgan fingerprint density at radius 2 is 1.95 bits per heavy atom. The lowest BCUT2D eigenvalue weighted by atomic mass is 9.83. The van der Waals surface area contributed by atoms with Gasteiger partial charge >= 0.3 is 0 Å². The maximum atomic E-state index is 5.89. The first-order valence-corrected chi connectivity index (χ1v) is 7.91. The van der Waals surface area contributed by atoms with Crippen LogP contribution in [0.3, 0.4) is 0 Å².